The van der Waals surface area contributed by atoms with Gasteiger partial charge in [0.15, 0.2) is 0 Å². The largest absolute Gasteiger partial charge is 0.341 e. The number of unbranched alkanes of at least 4 members (excludes halogenated alkanes) is 2. The third-order valence-corrected chi connectivity index (χ3v) is 4.48. The fourth-order valence-electron chi connectivity index (χ4n) is 1.94. The Balaban J connectivity index is 2.67. The van der Waals surface area contributed by atoms with Gasteiger partial charge in [-0.2, -0.15) is 0 Å². The van der Waals surface area contributed by atoms with E-state index in [1.807, 2.05) is 14.1 Å². The molecule has 2 amide bonds. The van der Waals surface area contributed by atoms with E-state index in [4.69, 9.17) is 0 Å². The molecule has 0 fully saturated rings. The number of amides is 2. The summed E-state index contributed by atoms with van der Waals surface area (Å²) >= 11 is 1.29. The lowest BCUT2D eigenvalue weighted by molar-refractivity contribution is 0.0792. The van der Waals surface area contributed by atoms with Crippen molar-refractivity contribution in [2.75, 3.05) is 27.2 Å². The van der Waals surface area contributed by atoms with Crippen LogP contribution < -0.4 is 0 Å². The molecule has 118 valence electrons. The van der Waals surface area contributed by atoms with Gasteiger partial charge in [0.2, 0.25) is 0 Å². The molecule has 0 aliphatic heterocycles. The first-order valence-corrected chi connectivity index (χ1v) is 8.43. The molecular formula is C16H26N2O2S. The summed E-state index contributed by atoms with van der Waals surface area (Å²) in [5.41, 5.74) is 0. The zero-order valence-electron chi connectivity index (χ0n) is 13.5. The van der Waals surface area contributed by atoms with Crippen LogP contribution in [0.1, 0.15) is 58.9 Å². The Labute approximate surface area is 131 Å². The summed E-state index contributed by atoms with van der Waals surface area (Å²) in [6.07, 6.45) is 4.13. The minimum absolute atomic E-state index is 0.00344. The zero-order valence-corrected chi connectivity index (χ0v) is 14.3. The van der Waals surface area contributed by atoms with Crippen LogP contribution in [-0.4, -0.2) is 48.8 Å². The van der Waals surface area contributed by atoms with E-state index in [-0.39, 0.29) is 11.8 Å². The summed E-state index contributed by atoms with van der Waals surface area (Å²) in [7, 11) is 3.62. The lowest BCUT2D eigenvalue weighted by Gasteiger charge is -2.16. The molecule has 0 atom stereocenters. The quantitative estimate of drug-likeness (QED) is 0.737. The summed E-state index contributed by atoms with van der Waals surface area (Å²) in [5, 5.41) is 0. The zero-order chi connectivity index (χ0) is 15.8. The number of thiophene rings is 1. The molecule has 1 heterocycles. The van der Waals surface area contributed by atoms with Gasteiger partial charge in [0, 0.05) is 27.2 Å². The van der Waals surface area contributed by atoms with Crippen LogP contribution in [0.15, 0.2) is 12.1 Å². The number of hydrogen-bond donors (Lipinski definition) is 0. The Morgan fingerprint density at radius 2 is 1.29 bits per heavy atom. The topological polar surface area (TPSA) is 40.6 Å². The number of hydrogen-bond acceptors (Lipinski definition) is 3. The summed E-state index contributed by atoms with van der Waals surface area (Å²) in [4.78, 5) is 29.2. The second kappa shape index (κ2) is 8.82. The highest BCUT2D eigenvalue weighted by Crippen LogP contribution is 2.20. The summed E-state index contributed by atoms with van der Waals surface area (Å²) in [5.74, 6) is 0.00687. The molecule has 0 aliphatic rings. The van der Waals surface area contributed by atoms with Gasteiger partial charge in [-0.3, -0.25) is 9.59 Å². The van der Waals surface area contributed by atoms with Crippen LogP contribution in [-0.2, 0) is 0 Å². The lowest BCUT2D eigenvalue weighted by atomic mass is 10.3. The first-order valence-electron chi connectivity index (χ1n) is 7.62. The molecule has 21 heavy (non-hydrogen) atoms. The average molecular weight is 310 g/mol. The van der Waals surface area contributed by atoms with Crippen molar-refractivity contribution in [3.63, 3.8) is 0 Å². The number of rotatable bonds is 8. The monoisotopic (exact) mass is 310 g/mol. The van der Waals surface area contributed by atoms with Gasteiger partial charge in [-0.15, -0.1) is 11.3 Å². The van der Waals surface area contributed by atoms with E-state index in [1.54, 1.807) is 21.9 Å². The van der Waals surface area contributed by atoms with Crippen LogP contribution >= 0.6 is 11.3 Å². The molecule has 0 radical (unpaired) electrons. The van der Waals surface area contributed by atoms with Gasteiger partial charge >= 0.3 is 0 Å². The lowest BCUT2D eigenvalue weighted by Crippen LogP contribution is -2.27. The Hall–Kier alpha value is -1.36. The number of carbonyl (C=O) groups excluding carboxylic acids is 2. The maximum atomic E-state index is 12.2. The summed E-state index contributed by atoms with van der Waals surface area (Å²) in [6, 6.07) is 3.52. The minimum atomic E-state index is 0.00344. The van der Waals surface area contributed by atoms with Crippen molar-refractivity contribution in [3.05, 3.63) is 21.9 Å². The van der Waals surface area contributed by atoms with Crippen molar-refractivity contribution < 1.29 is 9.59 Å². The molecule has 0 saturated heterocycles. The second-order valence-electron chi connectivity index (χ2n) is 5.32. The smallest absolute Gasteiger partial charge is 0.263 e. The van der Waals surface area contributed by atoms with Crippen molar-refractivity contribution in [2.24, 2.45) is 0 Å². The van der Waals surface area contributed by atoms with E-state index in [0.717, 1.165) is 38.8 Å². The van der Waals surface area contributed by atoms with Crippen LogP contribution in [0.4, 0.5) is 0 Å². The minimum Gasteiger partial charge on any atom is -0.341 e. The Kier molecular flexibility index (Phi) is 7.43. The van der Waals surface area contributed by atoms with Gasteiger partial charge < -0.3 is 9.80 Å². The van der Waals surface area contributed by atoms with Crippen molar-refractivity contribution in [2.45, 2.75) is 39.5 Å². The van der Waals surface area contributed by atoms with Gasteiger partial charge in [-0.25, -0.2) is 0 Å². The Morgan fingerprint density at radius 3 is 1.62 bits per heavy atom. The van der Waals surface area contributed by atoms with Gasteiger partial charge in [0.25, 0.3) is 11.8 Å². The molecule has 1 aromatic heterocycles. The molecule has 4 nitrogen and oxygen atoms in total. The SMILES string of the molecule is CCCCN(C)C(=O)c1ccc(C(=O)N(C)CCCC)s1. The van der Waals surface area contributed by atoms with Crippen LogP contribution in [0.25, 0.3) is 0 Å². The van der Waals surface area contributed by atoms with E-state index in [2.05, 4.69) is 13.8 Å². The molecule has 1 aromatic rings. The van der Waals surface area contributed by atoms with E-state index < -0.39 is 0 Å². The fourth-order valence-corrected chi connectivity index (χ4v) is 2.93. The normalized spacial score (nSPS) is 10.5. The first-order chi connectivity index (χ1) is 10.0. The van der Waals surface area contributed by atoms with Gasteiger partial charge in [-0.1, -0.05) is 26.7 Å². The molecular weight excluding hydrogens is 284 g/mol. The Bertz CT molecular complexity index is 430. The molecule has 0 aliphatic carbocycles. The molecule has 0 spiro atoms. The predicted molar refractivity (Wildman–Crippen MR) is 88.1 cm³/mol. The Morgan fingerprint density at radius 1 is 0.905 bits per heavy atom. The molecule has 0 N–H and O–H groups in total. The highest BCUT2D eigenvalue weighted by molar-refractivity contribution is 7.15. The van der Waals surface area contributed by atoms with E-state index in [1.165, 1.54) is 11.3 Å². The first kappa shape index (κ1) is 17.7. The van der Waals surface area contributed by atoms with Gasteiger partial charge in [0.1, 0.15) is 0 Å². The third-order valence-electron chi connectivity index (χ3n) is 3.42. The van der Waals surface area contributed by atoms with Crippen molar-refractivity contribution in [1.82, 2.24) is 9.80 Å². The van der Waals surface area contributed by atoms with E-state index >= 15 is 0 Å². The van der Waals surface area contributed by atoms with Crippen molar-refractivity contribution >= 4 is 23.2 Å². The average Bonchev–Trinajstić information content (AvgIpc) is 2.98. The predicted octanol–water partition coefficient (Wildman–Crippen LogP) is 3.49. The number of nitrogens with zero attached hydrogens (tertiary/aromatic N) is 2. The summed E-state index contributed by atoms with van der Waals surface area (Å²) in [6.45, 7) is 5.72. The summed E-state index contributed by atoms with van der Waals surface area (Å²) < 4.78 is 0. The van der Waals surface area contributed by atoms with Crippen molar-refractivity contribution in [3.8, 4) is 0 Å². The third kappa shape index (κ3) is 5.16. The van der Waals surface area contributed by atoms with Gasteiger partial charge in [0.05, 0.1) is 9.75 Å². The highest BCUT2D eigenvalue weighted by Gasteiger charge is 2.18. The second-order valence-corrected chi connectivity index (χ2v) is 6.41. The standard InChI is InChI=1S/C16H26N2O2S/c1-5-7-11-17(3)15(19)13-9-10-14(21-13)16(20)18(4)12-8-6-2/h9-10H,5-8,11-12H2,1-4H3. The highest BCUT2D eigenvalue weighted by atomic mass is 32.1. The maximum Gasteiger partial charge on any atom is 0.263 e. The van der Waals surface area contributed by atoms with E-state index in [9.17, 15) is 9.59 Å². The van der Waals surface area contributed by atoms with Crippen LogP contribution in [0.5, 0.6) is 0 Å². The van der Waals surface area contributed by atoms with Crippen molar-refractivity contribution in [1.29, 1.82) is 0 Å². The molecule has 0 unspecified atom stereocenters. The fraction of sp³-hybridized carbons (Fsp3) is 0.625. The maximum absolute atomic E-state index is 12.2. The molecule has 0 bridgehead atoms. The number of carbonyl (C=O) groups is 2. The van der Waals surface area contributed by atoms with Crippen LogP contribution in [0.2, 0.25) is 0 Å². The molecule has 0 aromatic carbocycles. The molecule has 5 heteroatoms. The van der Waals surface area contributed by atoms with E-state index in [0.29, 0.717) is 9.75 Å². The van der Waals surface area contributed by atoms with Crippen LogP contribution in [0.3, 0.4) is 0 Å². The van der Waals surface area contributed by atoms with Crippen LogP contribution in [0, 0.1) is 0 Å². The molecule has 0 saturated carbocycles. The van der Waals surface area contributed by atoms with Gasteiger partial charge in [-0.05, 0) is 25.0 Å². The molecule has 1 rings (SSSR count).